The maximum atomic E-state index is 9.79. The fraction of sp³-hybridized carbons (Fsp3) is 0.765. The zero-order valence-electron chi connectivity index (χ0n) is 13.4. The van der Waals surface area contributed by atoms with E-state index in [1.165, 1.54) is 37.7 Å². The molecule has 1 heterocycles. The second-order valence-corrected chi connectivity index (χ2v) is 6.36. The van der Waals surface area contributed by atoms with Gasteiger partial charge in [-0.15, -0.1) is 0 Å². The molecular weight excluding hydrogens is 282 g/mol. The fourth-order valence-electron chi connectivity index (χ4n) is 2.20. The molecule has 0 saturated carbocycles. The van der Waals surface area contributed by atoms with E-state index in [1.807, 2.05) is 0 Å². The van der Waals surface area contributed by atoms with Crippen LogP contribution in [0, 0.1) is 0 Å². The molecule has 0 aromatic carbocycles. The van der Waals surface area contributed by atoms with Gasteiger partial charge in [0.2, 0.25) is 0 Å². The van der Waals surface area contributed by atoms with E-state index >= 15 is 0 Å². The number of rotatable bonds is 14. The van der Waals surface area contributed by atoms with Crippen LogP contribution in [-0.2, 0) is 11.2 Å². The van der Waals surface area contributed by atoms with Gasteiger partial charge in [0.1, 0.15) is 0 Å². The molecule has 3 nitrogen and oxygen atoms in total. The van der Waals surface area contributed by atoms with E-state index in [9.17, 15) is 5.11 Å². The van der Waals surface area contributed by atoms with Crippen LogP contribution in [0.4, 0.5) is 0 Å². The van der Waals surface area contributed by atoms with Gasteiger partial charge in [-0.2, -0.15) is 11.3 Å². The molecule has 0 aliphatic heterocycles. The van der Waals surface area contributed by atoms with Gasteiger partial charge >= 0.3 is 0 Å². The first-order valence-corrected chi connectivity index (χ1v) is 9.24. The Labute approximate surface area is 133 Å². The third-order valence-corrected chi connectivity index (χ3v) is 4.24. The van der Waals surface area contributed by atoms with Crippen LogP contribution in [0.1, 0.15) is 51.0 Å². The SMILES string of the molecule is CCCCCCCCOCC(O)CNCCc1ccsc1. The van der Waals surface area contributed by atoms with Gasteiger partial charge in [0.25, 0.3) is 0 Å². The largest absolute Gasteiger partial charge is 0.389 e. The molecular formula is C17H31NO2S. The minimum atomic E-state index is -0.396. The number of thiophene rings is 1. The predicted octanol–water partition coefficient (Wildman–Crippen LogP) is 3.62. The molecule has 0 radical (unpaired) electrons. The Balaban J connectivity index is 1.82. The maximum Gasteiger partial charge on any atom is 0.0897 e. The Bertz CT molecular complexity index is 317. The lowest BCUT2D eigenvalue weighted by Crippen LogP contribution is -2.31. The van der Waals surface area contributed by atoms with Crippen molar-refractivity contribution >= 4 is 11.3 Å². The average molecular weight is 314 g/mol. The summed E-state index contributed by atoms with van der Waals surface area (Å²) in [7, 11) is 0. The van der Waals surface area contributed by atoms with Crippen molar-refractivity contribution < 1.29 is 9.84 Å². The maximum absolute atomic E-state index is 9.79. The minimum Gasteiger partial charge on any atom is -0.389 e. The quantitative estimate of drug-likeness (QED) is 0.515. The second-order valence-electron chi connectivity index (χ2n) is 5.58. The van der Waals surface area contributed by atoms with E-state index in [1.54, 1.807) is 11.3 Å². The fourth-order valence-corrected chi connectivity index (χ4v) is 2.90. The van der Waals surface area contributed by atoms with E-state index in [0.717, 1.165) is 26.0 Å². The molecule has 21 heavy (non-hydrogen) atoms. The van der Waals surface area contributed by atoms with E-state index in [4.69, 9.17) is 4.74 Å². The van der Waals surface area contributed by atoms with Gasteiger partial charge in [-0.25, -0.2) is 0 Å². The van der Waals surface area contributed by atoms with Crippen molar-refractivity contribution in [1.82, 2.24) is 5.32 Å². The molecule has 0 aliphatic rings. The molecule has 1 atom stereocenters. The van der Waals surface area contributed by atoms with E-state index in [2.05, 4.69) is 29.1 Å². The van der Waals surface area contributed by atoms with Crippen LogP contribution in [0.3, 0.4) is 0 Å². The number of ether oxygens (including phenoxy) is 1. The standard InChI is InChI=1S/C17H31NO2S/c1-2-3-4-5-6-7-11-20-14-17(19)13-18-10-8-16-9-12-21-15-16/h9,12,15,17-19H,2-8,10-11,13-14H2,1H3. The van der Waals surface area contributed by atoms with Crippen molar-refractivity contribution in [3.8, 4) is 0 Å². The first-order valence-electron chi connectivity index (χ1n) is 8.30. The molecule has 0 bridgehead atoms. The molecule has 2 N–H and O–H groups in total. The van der Waals surface area contributed by atoms with Gasteiger partial charge in [-0.3, -0.25) is 0 Å². The molecule has 122 valence electrons. The van der Waals surface area contributed by atoms with Gasteiger partial charge in [0.15, 0.2) is 0 Å². The Morgan fingerprint density at radius 2 is 2.05 bits per heavy atom. The highest BCUT2D eigenvalue weighted by Crippen LogP contribution is 2.06. The van der Waals surface area contributed by atoms with Crippen molar-refractivity contribution in [2.24, 2.45) is 0 Å². The lowest BCUT2D eigenvalue weighted by Gasteiger charge is -2.12. The highest BCUT2D eigenvalue weighted by molar-refractivity contribution is 7.07. The summed E-state index contributed by atoms with van der Waals surface area (Å²) in [6.45, 7) is 4.98. The van der Waals surface area contributed by atoms with Crippen LogP contribution >= 0.6 is 11.3 Å². The average Bonchev–Trinajstić information content (AvgIpc) is 3.00. The highest BCUT2D eigenvalue weighted by Gasteiger charge is 2.03. The predicted molar refractivity (Wildman–Crippen MR) is 91.1 cm³/mol. The topological polar surface area (TPSA) is 41.5 Å². The number of hydrogen-bond donors (Lipinski definition) is 2. The van der Waals surface area contributed by atoms with E-state index < -0.39 is 6.10 Å². The summed E-state index contributed by atoms with van der Waals surface area (Å²) in [6.07, 6.45) is 8.27. The highest BCUT2D eigenvalue weighted by atomic mass is 32.1. The smallest absolute Gasteiger partial charge is 0.0897 e. The van der Waals surface area contributed by atoms with Crippen LogP contribution in [0.2, 0.25) is 0 Å². The van der Waals surface area contributed by atoms with Crippen LogP contribution in [0.5, 0.6) is 0 Å². The summed E-state index contributed by atoms with van der Waals surface area (Å²) in [4.78, 5) is 0. The lowest BCUT2D eigenvalue weighted by atomic mass is 10.1. The van der Waals surface area contributed by atoms with Crippen molar-refractivity contribution in [2.75, 3.05) is 26.3 Å². The molecule has 0 amide bonds. The summed E-state index contributed by atoms with van der Waals surface area (Å²) in [5.74, 6) is 0. The van der Waals surface area contributed by atoms with Gasteiger partial charge in [0.05, 0.1) is 12.7 Å². The molecule has 0 fully saturated rings. The van der Waals surface area contributed by atoms with Gasteiger partial charge in [-0.1, -0.05) is 39.0 Å². The van der Waals surface area contributed by atoms with Crippen LogP contribution < -0.4 is 5.32 Å². The number of unbranched alkanes of at least 4 members (excludes halogenated alkanes) is 5. The molecule has 0 aliphatic carbocycles. The molecule has 4 heteroatoms. The summed E-state index contributed by atoms with van der Waals surface area (Å²) in [6, 6.07) is 2.15. The van der Waals surface area contributed by atoms with Gasteiger partial charge in [0, 0.05) is 13.2 Å². The van der Waals surface area contributed by atoms with Crippen molar-refractivity contribution in [2.45, 2.75) is 58.0 Å². The Hall–Kier alpha value is -0.420. The number of hydrogen-bond acceptors (Lipinski definition) is 4. The third-order valence-electron chi connectivity index (χ3n) is 3.50. The molecule has 1 unspecified atom stereocenters. The monoisotopic (exact) mass is 313 g/mol. The number of nitrogens with one attached hydrogen (secondary N) is 1. The Kier molecular flexibility index (Phi) is 11.8. The zero-order valence-corrected chi connectivity index (χ0v) is 14.2. The van der Waals surface area contributed by atoms with Crippen LogP contribution in [0.15, 0.2) is 16.8 Å². The summed E-state index contributed by atoms with van der Waals surface area (Å²) in [5.41, 5.74) is 1.36. The Morgan fingerprint density at radius 3 is 2.81 bits per heavy atom. The number of aliphatic hydroxyl groups is 1. The zero-order chi connectivity index (χ0) is 15.2. The minimum absolute atomic E-state index is 0.396. The van der Waals surface area contributed by atoms with E-state index in [0.29, 0.717) is 13.2 Å². The normalized spacial score (nSPS) is 12.7. The van der Waals surface area contributed by atoms with Gasteiger partial charge in [-0.05, 0) is 41.8 Å². The van der Waals surface area contributed by atoms with Crippen molar-refractivity contribution in [3.05, 3.63) is 22.4 Å². The van der Waals surface area contributed by atoms with Gasteiger partial charge < -0.3 is 15.2 Å². The molecule has 1 aromatic heterocycles. The van der Waals surface area contributed by atoms with Crippen molar-refractivity contribution in [3.63, 3.8) is 0 Å². The van der Waals surface area contributed by atoms with Crippen LogP contribution in [0.25, 0.3) is 0 Å². The summed E-state index contributed by atoms with van der Waals surface area (Å²) < 4.78 is 5.52. The van der Waals surface area contributed by atoms with E-state index in [-0.39, 0.29) is 0 Å². The second kappa shape index (κ2) is 13.3. The third kappa shape index (κ3) is 10.9. The molecule has 1 rings (SSSR count). The summed E-state index contributed by atoms with van der Waals surface area (Å²) >= 11 is 1.73. The van der Waals surface area contributed by atoms with Crippen molar-refractivity contribution in [1.29, 1.82) is 0 Å². The first-order chi connectivity index (χ1) is 10.3. The molecule has 1 aromatic rings. The molecule has 0 spiro atoms. The van der Waals surface area contributed by atoms with Crippen LogP contribution in [-0.4, -0.2) is 37.5 Å². The lowest BCUT2D eigenvalue weighted by molar-refractivity contribution is 0.0356. The Morgan fingerprint density at radius 1 is 1.24 bits per heavy atom. The number of aliphatic hydroxyl groups excluding tert-OH is 1. The molecule has 0 saturated heterocycles. The summed E-state index contributed by atoms with van der Waals surface area (Å²) in [5, 5.41) is 17.3. The first kappa shape index (κ1) is 18.6.